The van der Waals surface area contributed by atoms with Crippen molar-refractivity contribution < 1.29 is 32.9 Å². The van der Waals surface area contributed by atoms with E-state index in [2.05, 4.69) is 55.6 Å². The monoisotopic (exact) mass is 1200 g/mol. The fraction of sp³-hybridized carbons (Fsp3) is 0.880. The number of nitrogens with one attached hydrogen (secondary N) is 1. The summed E-state index contributed by atoms with van der Waals surface area (Å²) in [6.07, 6.45) is 89.8. The topological polar surface area (TPSA) is 108 Å². The van der Waals surface area contributed by atoms with Gasteiger partial charge in [0, 0.05) is 6.42 Å². The zero-order valence-electron chi connectivity index (χ0n) is 56.9. The largest absolute Gasteiger partial charge is 0.756 e. The van der Waals surface area contributed by atoms with Crippen molar-refractivity contribution in [1.29, 1.82) is 0 Å². The number of quaternary nitrogens is 1. The molecular formula is C75H145N2O6P. The van der Waals surface area contributed by atoms with Crippen molar-refractivity contribution in [2.75, 3.05) is 40.9 Å². The van der Waals surface area contributed by atoms with Crippen LogP contribution in [0.5, 0.6) is 0 Å². The fourth-order valence-corrected chi connectivity index (χ4v) is 12.0. The summed E-state index contributed by atoms with van der Waals surface area (Å²) < 4.78 is 23.5. The fourth-order valence-electron chi connectivity index (χ4n) is 11.3. The van der Waals surface area contributed by atoms with Crippen LogP contribution in [-0.4, -0.2) is 68.5 Å². The van der Waals surface area contributed by atoms with E-state index in [4.69, 9.17) is 9.05 Å². The van der Waals surface area contributed by atoms with Crippen LogP contribution in [0.4, 0.5) is 0 Å². The summed E-state index contributed by atoms with van der Waals surface area (Å²) in [5.41, 5.74) is 0. The molecule has 0 aliphatic carbocycles. The number of aliphatic hydroxyl groups excluding tert-OH is 1. The van der Waals surface area contributed by atoms with E-state index in [-0.39, 0.29) is 12.5 Å². The molecule has 0 aromatic rings. The van der Waals surface area contributed by atoms with Crippen molar-refractivity contribution in [2.45, 2.75) is 386 Å². The Morgan fingerprint density at radius 2 is 0.702 bits per heavy atom. The lowest BCUT2D eigenvalue weighted by Gasteiger charge is -2.29. The Labute approximate surface area is 524 Å². The lowest BCUT2D eigenvalue weighted by molar-refractivity contribution is -0.870. The number of carbonyl (C=O) groups excluding carboxylic acids is 1. The maximum Gasteiger partial charge on any atom is 0.268 e. The van der Waals surface area contributed by atoms with Gasteiger partial charge in [-0.05, 0) is 64.2 Å². The summed E-state index contributed by atoms with van der Waals surface area (Å²) in [7, 11) is 1.26. The predicted octanol–water partition coefficient (Wildman–Crippen LogP) is 23.2. The number of hydrogen-bond donors (Lipinski definition) is 2. The highest BCUT2D eigenvalue weighted by Gasteiger charge is 2.23. The summed E-state index contributed by atoms with van der Waals surface area (Å²) in [5, 5.41) is 14.0. The van der Waals surface area contributed by atoms with Gasteiger partial charge in [0.2, 0.25) is 5.91 Å². The molecule has 496 valence electrons. The average Bonchev–Trinajstić information content (AvgIpc) is 3.56. The molecule has 1 amide bonds. The number of phosphoric ester groups is 1. The van der Waals surface area contributed by atoms with Crippen molar-refractivity contribution in [1.82, 2.24) is 5.32 Å². The van der Waals surface area contributed by atoms with Gasteiger partial charge in [-0.15, -0.1) is 0 Å². The predicted molar refractivity (Wildman–Crippen MR) is 367 cm³/mol. The molecule has 0 aliphatic heterocycles. The molecule has 0 fully saturated rings. The number of amides is 1. The molecule has 0 saturated heterocycles. The second kappa shape index (κ2) is 65.9. The van der Waals surface area contributed by atoms with E-state index in [0.717, 1.165) is 44.9 Å². The molecule has 8 nitrogen and oxygen atoms in total. The van der Waals surface area contributed by atoms with Gasteiger partial charge in [0.05, 0.1) is 39.9 Å². The SMILES string of the molecule is CCCCCCCCCCCCCCC/C=C\C/C=C\CCCCCCCCCCCCCCCCCCCC(=O)NC(COP(=O)([O-])OCC[N+](C)(C)C)C(O)/C=C/CC/C=C/CCCCCCCCCCCCCCCCCCCCC. The second-order valence-corrected chi connectivity index (χ2v) is 28.1. The van der Waals surface area contributed by atoms with Gasteiger partial charge in [-0.25, -0.2) is 0 Å². The van der Waals surface area contributed by atoms with Gasteiger partial charge in [0.1, 0.15) is 13.2 Å². The maximum atomic E-state index is 13.0. The molecule has 0 radical (unpaired) electrons. The van der Waals surface area contributed by atoms with Gasteiger partial charge in [0.15, 0.2) is 0 Å². The van der Waals surface area contributed by atoms with E-state index >= 15 is 0 Å². The summed E-state index contributed by atoms with van der Waals surface area (Å²) in [4.78, 5) is 25.6. The molecule has 3 atom stereocenters. The van der Waals surface area contributed by atoms with Gasteiger partial charge < -0.3 is 28.8 Å². The number of aliphatic hydroxyl groups is 1. The molecule has 0 aromatic carbocycles. The third kappa shape index (κ3) is 68.0. The van der Waals surface area contributed by atoms with Crippen LogP contribution in [0, 0.1) is 0 Å². The molecule has 0 aromatic heterocycles. The highest BCUT2D eigenvalue weighted by Crippen LogP contribution is 2.38. The Kier molecular flexibility index (Phi) is 64.7. The van der Waals surface area contributed by atoms with Gasteiger partial charge in [0.25, 0.3) is 7.82 Å². The highest BCUT2D eigenvalue weighted by molar-refractivity contribution is 7.45. The minimum Gasteiger partial charge on any atom is -0.756 e. The first-order chi connectivity index (χ1) is 41.0. The molecule has 0 aliphatic rings. The van der Waals surface area contributed by atoms with Crippen LogP contribution >= 0.6 is 7.82 Å². The Hall–Kier alpha value is -1.54. The lowest BCUT2D eigenvalue weighted by Crippen LogP contribution is -2.45. The van der Waals surface area contributed by atoms with Crippen LogP contribution < -0.4 is 10.2 Å². The second-order valence-electron chi connectivity index (χ2n) is 26.6. The molecule has 0 rings (SSSR count). The van der Waals surface area contributed by atoms with E-state index in [1.165, 1.54) is 308 Å². The quantitative estimate of drug-likeness (QED) is 0.0272. The first-order valence-electron chi connectivity index (χ1n) is 37.0. The highest BCUT2D eigenvalue weighted by atomic mass is 31.2. The van der Waals surface area contributed by atoms with Crippen LogP contribution in [0.25, 0.3) is 0 Å². The van der Waals surface area contributed by atoms with E-state index < -0.39 is 26.6 Å². The Morgan fingerprint density at radius 1 is 0.417 bits per heavy atom. The van der Waals surface area contributed by atoms with Crippen molar-refractivity contribution in [3.8, 4) is 0 Å². The normalized spacial score (nSPS) is 13.8. The minimum absolute atomic E-state index is 0.00560. The number of nitrogens with zero attached hydrogens (tertiary/aromatic N) is 1. The zero-order valence-corrected chi connectivity index (χ0v) is 57.8. The molecule has 2 N–H and O–H groups in total. The summed E-state index contributed by atoms with van der Waals surface area (Å²) in [6, 6.07) is -0.905. The molecule has 0 spiro atoms. The number of unbranched alkanes of at least 4 members (excludes halogenated alkanes) is 50. The Bertz CT molecular complexity index is 1510. The summed E-state index contributed by atoms with van der Waals surface area (Å²) in [5.74, 6) is -0.201. The molecule has 0 heterocycles. The van der Waals surface area contributed by atoms with Crippen molar-refractivity contribution in [2.24, 2.45) is 0 Å². The number of carbonyl (C=O) groups is 1. The average molecular weight is 1200 g/mol. The first-order valence-corrected chi connectivity index (χ1v) is 38.5. The van der Waals surface area contributed by atoms with Crippen LogP contribution in [0.1, 0.15) is 373 Å². The van der Waals surface area contributed by atoms with Crippen molar-refractivity contribution in [3.05, 3.63) is 48.6 Å². The third-order valence-corrected chi connectivity index (χ3v) is 18.0. The van der Waals surface area contributed by atoms with Crippen molar-refractivity contribution >= 4 is 13.7 Å². The Balaban J connectivity index is 4.02. The van der Waals surface area contributed by atoms with E-state index in [0.29, 0.717) is 17.4 Å². The summed E-state index contributed by atoms with van der Waals surface area (Å²) in [6.45, 7) is 4.69. The van der Waals surface area contributed by atoms with Crippen LogP contribution in [0.2, 0.25) is 0 Å². The van der Waals surface area contributed by atoms with Crippen LogP contribution in [0.15, 0.2) is 48.6 Å². The number of allylic oxidation sites excluding steroid dienone is 7. The van der Waals surface area contributed by atoms with Gasteiger partial charge in [-0.1, -0.05) is 351 Å². The number of rotatable bonds is 69. The number of phosphoric acid groups is 1. The standard InChI is InChI=1S/C75H145N2O6P/c1-6-8-10-12-14-16-18-20-22-24-26-28-30-32-33-34-35-36-37-38-39-40-41-42-43-45-47-49-51-53-55-57-59-61-63-65-67-69-75(79)76-73(72-83-84(80,81)82-71-70-77(3,4)5)74(78)68-66-64-62-60-58-56-54-52-50-48-46-44-31-29-27-25-23-21-19-17-15-13-11-9-7-2/h33-34,36-37,58,60,66,68,73-74,78H,6-32,35,38-57,59,61-65,67,69-72H2,1-5H3,(H-,76,79,80,81)/b34-33-,37-36-,60-58+,68-66+. The molecule has 0 saturated carbocycles. The lowest BCUT2D eigenvalue weighted by atomic mass is 10.0. The Morgan fingerprint density at radius 3 is 1.04 bits per heavy atom. The van der Waals surface area contributed by atoms with Gasteiger partial charge in [-0.3, -0.25) is 9.36 Å². The first kappa shape index (κ1) is 82.5. The van der Waals surface area contributed by atoms with Crippen molar-refractivity contribution in [3.63, 3.8) is 0 Å². The number of likely N-dealkylation sites (N-methyl/N-ethyl adjacent to an activating group) is 1. The molecule has 0 bridgehead atoms. The van der Waals surface area contributed by atoms with Crippen LogP contribution in [0.3, 0.4) is 0 Å². The van der Waals surface area contributed by atoms with E-state index in [1.807, 2.05) is 27.2 Å². The molecular weight excluding hydrogens is 1060 g/mol. The van der Waals surface area contributed by atoms with Gasteiger partial charge in [-0.2, -0.15) is 0 Å². The zero-order chi connectivity index (χ0) is 61.2. The third-order valence-electron chi connectivity index (χ3n) is 17.0. The smallest absolute Gasteiger partial charge is 0.268 e. The maximum absolute atomic E-state index is 13.0. The van der Waals surface area contributed by atoms with Gasteiger partial charge >= 0.3 is 0 Å². The number of hydrogen-bond acceptors (Lipinski definition) is 6. The minimum atomic E-state index is -4.61. The molecule has 84 heavy (non-hydrogen) atoms. The van der Waals surface area contributed by atoms with E-state index in [1.54, 1.807) is 6.08 Å². The molecule has 3 unspecified atom stereocenters. The van der Waals surface area contributed by atoms with E-state index in [9.17, 15) is 19.4 Å². The van der Waals surface area contributed by atoms with Crippen LogP contribution in [-0.2, 0) is 18.4 Å². The molecule has 9 heteroatoms. The summed E-state index contributed by atoms with van der Waals surface area (Å²) >= 11 is 0.